The largest absolute Gasteiger partial charge is 0.504 e. The molecule has 0 spiro atoms. The first-order chi connectivity index (χ1) is 22.3. The van der Waals surface area contributed by atoms with Crippen LogP contribution in [0.15, 0.2) is 77.8 Å². The molecule has 2 fully saturated rings. The molecule has 6 rings (SSSR count). The van der Waals surface area contributed by atoms with Gasteiger partial charge < -0.3 is 19.5 Å². The summed E-state index contributed by atoms with van der Waals surface area (Å²) in [6, 6.07) is 18.8. The lowest BCUT2D eigenvalue weighted by atomic mass is 10.1. The van der Waals surface area contributed by atoms with Crippen LogP contribution in [-0.4, -0.2) is 73.6 Å². The second-order valence-electron chi connectivity index (χ2n) is 11.9. The Balaban J connectivity index is 1.04. The van der Waals surface area contributed by atoms with Crippen molar-refractivity contribution in [2.45, 2.75) is 56.1 Å². The molecule has 1 saturated heterocycles. The molecule has 0 atom stereocenters. The van der Waals surface area contributed by atoms with Gasteiger partial charge in [0.2, 0.25) is 5.75 Å². The number of nitrogens with one attached hydrogen (secondary N) is 1. The second-order valence-corrected chi connectivity index (χ2v) is 13.6. The molecule has 1 saturated carbocycles. The summed E-state index contributed by atoms with van der Waals surface area (Å²) < 4.78 is 40.7. The first kappa shape index (κ1) is 31.6. The Bertz CT molecular complexity index is 1780. The van der Waals surface area contributed by atoms with E-state index < -0.39 is 10.0 Å². The number of nitrogens with zero attached hydrogens (tertiary/aromatic N) is 3. The maximum Gasteiger partial charge on any atom is 0.264 e. The summed E-state index contributed by atoms with van der Waals surface area (Å²) in [6.07, 6.45) is 8.52. The van der Waals surface area contributed by atoms with Crippen LogP contribution in [0.1, 0.15) is 54.4 Å². The molecule has 10 nitrogen and oxygen atoms in total. The Morgan fingerprint density at radius 1 is 0.935 bits per heavy atom. The first-order valence-corrected chi connectivity index (χ1v) is 17.3. The minimum Gasteiger partial charge on any atom is -0.504 e. The van der Waals surface area contributed by atoms with Crippen LogP contribution in [-0.2, 0) is 16.6 Å². The van der Waals surface area contributed by atoms with Gasteiger partial charge in [-0.1, -0.05) is 37.1 Å². The molecule has 242 valence electrons. The molecule has 1 aromatic heterocycles. The van der Waals surface area contributed by atoms with Gasteiger partial charge in [-0.2, -0.15) is 0 Å². The monoisotopic (exact) mass is 644 g/mol. The molecule has 1 aliphatic carbocycles. The highest BCUT2D eigenvalue weighted by molar-refractivity contribution is 7.93. The number of ether oxygens (including phenoxy) is 2. The molecule has 3 aromatic carbocycles. The van der Waals surface area contributed by atoms with Crippen LogP contribution in [0.3, 0.4) is 0 Å². The van der Waals surface area contributed by atoms with E-state index in [0.717, 1.165) is 36.6 Å². The maximum absolute atomic E-state index is 13.3. The second kappa shape index (κ2) is 14.0. The number of sulfonamides is 1. The molecule has 1 amide bonds. The van der Waals surface area contributed by atoms with Gasteiger partial charge in [-0.05, 0) is 68.1 Å². The number of phenolic OH excluding ortho intramolecular Hbond substituents is 1. The zero-order chi connectivity index (χ0) is 32.1. The lowest BCUT2D eigenvalue weighted by Crippen LogP contribution is -2.48. The number of phenols is 1. The van der Waals surface area contributed by atoms with Crippen LogP contribution in [0, 0.1) is 0 Å². The van der Waals surface area contributed by atoms with Crippen LogP contribution in [0.4, 0.5) is 5.69 Å². The third-order valence-corrected chi connectivity index (χ3v) is 10.2. The van der Waals surface area contributed by atoms with Gasteiger partial charge in [0.15, 0.2) is 11.5 Å². The summed E-state index contributed by atoms with van der Waals surface area (Å²) in [6.45, 7) is 2.87. The number of hydrogen-bond acceptors (Lipinski definition) is 8. The quantitative estimate of drug-likeness (QED) is 0.219. The Labute approximate surface area is 270 Å². The van der Waals surface area contributed by atoms with E-state index in [1.165, 1.54) is 18.9 Å². The van der Waals surface area contributed by atoms with E-state index in [1.807, 2.05) is 24.3 Å². The maximum atomic E-state index is 13.3. The number of aromatic nitrogens is 1. The predicted octanol–water partition coefficient (Wildman–Crippen LogP) is 5.81. The van der Waals surface area contributed by atoms with Gasteiger partial charge in [0.05, 0.1) is 18.7 Å². The minimum absolute atomic E-state index is 0.0921. The van der Waals surface area contributed by atoms with Crippen molar-refractivity contribution < 1.29 is 27.8 Å². The van der Waals surface area contributed by atoms with E-state index in [1.54, 1.807) is 54.6 Å². The molecular weight excluding hydrogens is 604 g/mol. The fourth-order valence-corrected chi connectivity index (χ4v) is 7.51. The summed E-state index contributed by atoms with van der Waals surface area (Å²) in [5.74, 6) is 0.932. The average Bonchev–Trinajstić information content (AvgIpc) is 3.35. The molecule has 11 heteroatoms. The SMILES string of the molecule is COc1c(OC2CCCCCC2)ccc(CN2CCN(C(=O)c3ccc(NS(=O)(=O)c4cccc5cccnc45)cc3)CC2)c1O. The number of rotatable bonds is 9. The van der Waals surface area contributed by atoms with Crippen molar-refractivity contribution >= 4 is 32.5 Å². The van der Waals surface area contributed by atoms with Crippen LogP contribution in [0.25, 0.3) is 10.9 Å². The van der Waals surface area contributed by atoms with Crippen molar-refractivity contribution in [2.75, 3.05) is 38.0 Å². The number of hydrogen-bond donors (Lipinski definition) is 2. The van der Waals surface area contributed by atoms with Crippen molar-refractivity contribution in [3.05, 3.63) is 84.1 Å². The van der Waals surface area contributed by atoms with Gasteiger partial charge in [0, 0.05) is 61.1 Å². The molecule has 0 bridgehead atoms. The molecule has 4 aromatic rings. The number of para-hydroxylation sites is 1. The van der Waals surface area contributed by atoms with E-state index >= 15 is 0 Å². The van der Waals surface area contributed by atoms with E-state index in [9.17, 15) is 18.3 Å². The fraction of sp³-hybridized carbons (Fsp3) is 0.371. The standard InChI is InChI=1S/C35H40N4O6S/c1-44-34-30(45-29-10-4-2-3-5-11-29)18-15-27(33(34)40)24-38-20-22-39(23-21-38)35(41)26-13-16-28(17-14-26)37-46(42,43)31-12-6-8-25-9-7-19-36-32(25)31/h6-9,12-19,29,37,40H,2-5,10-11,20-24H2,1H3. The van der Waals surface area contributed by atoms with Gasteiger partial charge in [0.25, 0.3) is 15.9 Å². The Hall–Kier alpha value is -4.35. The average molecular weight is 645 g/mol. The van der Waals surface area contributed by atoms with Gasteiger partial charge in [-0.3, -0.25) is 19.4 Å². The zero-order valence-electron chi connectivity index (χ0n) is 26.0. The summed E-state index contributed by atoms with van der Waals surface area (Å²) in [7, 11) is -2.34. The van der Waals surface area contributed by atoms with Crippen molar-refractivity contribution in [1.82, 2.24) is 14.8 Å². The fourth-order valence-electron chi connectivity index (χ4n) is 6.27. The topological polar surface area (TPSA) is 121 Å². The Morgan fingerprint density at radius 3 is 2.37 bits per heavy atom. The summed E-state index contributed by atoms with van der Waals surface area (Å²) in [5, 5.41) is 11.8. The van der Waals surface area contributed by atoms with E-state index in [2.05, 4.69) is 14.6 Å². The number of carbonyl (C=O) groups excluding carboxylic acids is 1. The van der Waals surface area contributed by atoms with Gasteiger partial charge >= 0.3 is 0 Å². The molecule has 2 heterocycles. The zero-order valence-corrected chi connectivity index (χ0v) is 26.8. The molecular formula is C35H40N4O6S. The van der Waals surface area contributed by atoms with E-state index in [4.69, 9.17) is 9.47 Å². The third kappa shape index (κ3) is 7.05. The van der Waals surface area contributed by atoms with Gasteiger partial charge in [-0.15, -0.1) is 0 Å². The van der Waals surface area contributed by atoms with Crippen molar-refractivity contribution in [3.63, 3.8) is 0 Å². The van der Waals surface area contributed by atoms with Crippen molar-refractivity contribution in [3.8, 4) is 17.2 Å². The smallest absolute Gasteiger partial charge is 0.264 e. The normalized spacial score (nSPS) is 16.6. The minimum atomic E-state index is -3.89. The van der Waals surface area contributed by atoms with Crippen molar-refractivity contribution in [2.24, 2.45) is 0 Å². The lowest BCUT2D eigenvalue weighted by molar-refractivity contribution is 0.0627. The molecule has 0 radical (unpaired) electrons. The summed E-state index contributed by atoms with van der Waals surface area (Å²) in [5.41, 5.74) is 1.99. The van der Waals surface area contributed by atoms with E-state index in [0.29, 0.717) is 61.0 Å². The number of fused-ring (bicyclic) bond motifs is 1. The number of amides is 1. The highest BCUT2D eigenvalue weighted by Crippen LogP contribution is 2.41. The predicted molar refractivity (Wildman–Crippen MR) is 177 cm³/mol. The third-order valence-electron chi connectivity index (χ3n) is 8.80. The highest BCUT2D eigenvalue weighted by Gasteiger charge is 2.25. The van der Waals surface area contributed by atoms with Crippen LogP contribution in [0.5, 0.6) is 17.2 Å². The van der Waals surface area contributed by atoms with Crippen molar-refractivity contribution in [1.29, 1.82) is 0 Å². The lowest BCUT2D eigenvalue weighted by Gasteiger charge is -2.35. The number of carbonyl (C=O) groups is 1. The summed E-state index contributed by atoms with van der Waals surface area (Å²) >= 11 is 0. The number of methoxy groups -OCH3 is 1. The molecule has 46 heavy (non-hydrogen) atoms. The van der Waals surface area contributed by atoms with Crippen LogP contribution < -0.4 is 14.2 Å². The number of piperazine rings is 1. The molecule has 0 unspecified atom stereocenters. The molecule has 2 aliphatic rings. The molecule has 1 aliphatic heterocycles. The molecule has 2 N–H and O–H groups in total. The van der Waals surface area contributed by atoms with Gasteiger partial charge in [-0.25, -0.2) is 8.42 Å². The number of anilines is 1. The van der Waals surface area contributed by atoms with Crippen LogP contribution in [0.2, 0.25) is 0 Å². The number of pyridine rings is 1. The Morgan fingerprint density at radius 2 is 1.65 bits per heavy atom. The summed E-state index contributed by atoms with van der Waals surface area (Å²) in [4.78, 5) is 21.6. The van der Waals surface area contributed by atoms with Gasteiger partial charge in [0.1, 0.15) is 4.90 Å². The highest BCUT2D eigenvalue weighted by atomic mass is 32.2. The van der Waals surface area contributed by atoms with Crippen LogP contribution >= 0.6 is 0 Å². The van der Waals surface area contributed by atoms with E-state index in [-0.39, 0.29) is 22.7 Å². The Kier molecular flexibility index (Phi) is 9.60. The number of aromatic hydroxyl groups is 1. The first-order valence-electron chi connectivity index (χ1n) is 15.9. The number of benzene rings is 3.